The van der Waals surface area contributed by atoms with Crippen LogP contribution in [-0.4, -0.2) is 13.1 Å². The summed E-state index contributed by atoms with van der Waals surface area (Å²) < 4.78 is 0. The van der Waals surface area contributed by atoms with Crippen LogP contribution in [0.2, 0.25) is 0 Å². The number of rotatable bonds is 7. The van der Waals surface area contributed by atoms with E-state index in [0.717, 1.165) is 0 Å². The van der Waals surface area contributed by atoms with E-state index in [1.807, 2.05) is 0 Å². The lowest BCUT2D eigenvalue weighted by Crippen LogP contribution is -2.32. The summed E-state index contributed by atoms with van der Waals surface area (Å²) in [5.41, 5.74) is 4.27. The molecule has 2 aromatic rings. The summed E-state index contributed by atoms with van der Waals surface area (Å²) in [5, 5.41) is 3.90. The van der Waals surface area contributed by atoms with E-state index in [0.29, 0.717) is 12.1 Å². The van der Waals surface area contributed by atoms with Crippen molar-refractivity contribution in [2.45, 2.75) is 58.0 Å². The smallest absolute Gasteiger partial charge is 0.0414 e. The number of benzene rings is 2. The molecule has 0 spiro atoms. The molecule has 1 heterocycles. The third-order valence-corrected chi connectivity index (χ3v) is 5.34. The lowest BCUT2D eigenvalue weighted by Gasteiger charge is -2.33. The van der Waals surface area contributed by atoms with Crippen LogP contribution in [0.15, 0.2) is 54.6 Å². The van der Waals surface area contributed by atoms with Gasteiger partial charge in [0.25, 0.3) is 0 Å². The largest absolute Gasteiger partial charge is 0.371 e. The summed E-state index contributed by atoms with van der Waals surface area (Å²) in [7, 11) is 0. The Morgan fingerprint density at radius 1 is 0.920 bits per heavy atom. The molecule has 2 atom stereocenters. The summed E-state index contributed by atoms with van der Waals surface area (Å²) in [6.07, 6.45) is 6.37. The first-order chi connectivity index (χ1) is 12.3. The van der Waals surface area contributed by atoms with E-state index < -0.39 is 0 Å². The third-order valence-electron chi connectivity index (χ3n) is 5.34. The minimum atomic E-state index is 0.354. The Labute approximate surface area is 153 Å². The zero-order valence-corrected chi connectivity index (χ0v) is 15.7. The summed E-state index contributed by atoms with van der Waals surface area (Å²) in [5.74, 6) is 0. The number of anilines is 1. The highest BCUT2D eigenvalue weighted by Gasteiger charge is 2.21. The van der Waals surface area contributed by atoms with Crippen LogP contribution >= 0.6 is 0 Å². The Kier molecular flexibility index (Phi) is 6.52. The number of nitrogens with zero attached hydrogens (tertiary/aromatic N) is 1. The molecule has 3 rings (SSSR count). The van der Waals surface area contributed by atoms with Crippen molar-refractivity contribution in [2.24, 2.45) is 0 Å². The molecule has 1 fully saturated rings. The highest BCUT2D eigenvalue weighted by Crippen LogP contribution is 2.32. The summed E-state index contributed by atoms with van der Waals surface area (Å²) in [6.45, 7) is 6.96. The molecule has 1 saturated heterocycles. The van der Waals surface area contributed by atoms with Crippen molar-refractivity contribution in [3.8, 4) is 0 Å². The molecule has 2 aromatic carbocycles. The second-order valence-corrected chi connectivity index (χ2v) is 7.25. The molecule has 0 aliphatic carbocycles. The Morgan fingerprint density at radius 2 is 1.60 bits per heavy atom. The summed E-state index contributed by atoms with van der Waals surface area (Å²) >= 11 is 0. The number of hydrogen-bond donors (Lipinski definition) is 1. The first-order valence-electron chi connectivity index (χ1n) is 9.94. The summed E-state index contributed by atoms with van der Waals surface area (Å²) in [6, 6.07) is 20.6. The zero-order chi connectivity index (χ0) is 17.5. The van der Waals surface area contributed by atoms with Gasteiger partial charge < -0.3 is 10.2 Å². The van der Waals surface area contributed by atoms with E-state index >= 15 is 0 Å². The molecule has 0 saturated carbocycles. The van der Waals surface area contributed by atoms with Gasteiger partial charge in [-0.15, -0.1) is 0 Å². The second kappa shape index (κ2) is 9.05. The number of piperidine rings is 1. The second-order valence-electron chi connectivity index (χ2n) is 7.25. The Hall–Kier alpha value is -1.80. The minimum Gasteiger partial charge on any atom is -0.371 e. The fourth-order valence-electron chi connectivity index (χ4n) is 3.96. The van der Waals surface area contributed by atoms with Gasteiger partial charge in [0.1, 0.15) is 0 Å². The van der Waals surface area contributed by atoms with Crippen LogP contribution in [0.3, 0.4) is 0 Å². The van der Waals surface area contributed by atoms with Crippen molar-refractivity contribution >= 4 is 5.69 Å². The summed E-state index contributed by atoms with van der Waals surface area (Å²) in [4.78, 5) is 2.59. The normalized spacial score (nSPS) is 17.3. The standard InChI is InChI=1S/C23H32N2/c1-3-12-22(24-19(2)20-13-6-4-7-14-20)21-15-8-9-16-23(21)25-17-10-5-11-18-25/h4,6-9,13-16,19,22,24H,3,5,10-12,17-18H2,1-2H3/t19-,22+/m0/s1. The monoisotopic (exact) mass is 336 g/mol. The SMILES string of the molecule is CCC[C@@H](N[C@@H](C)c1ccccc1)c1ccccc1N1CCCCC1. The molecular weight excluding hydrogens is 304 g/mol. The van der Waals surface area contributed by atoms with E-state index in [4.69, 9.17) is 0 Å². The molecule has 134 valence electrons. The highest BCUT2D eigenvalue weighted by molar-refractivity contribution is 5.55. The van der Waals surface area contributed by atoms with Crippen LogP contribution in [0.1, 0.15) is 69.2 Å². The molecule has 0 amide bonds. The lowest BCUT2D eigenvalue weighted by molar-refractivity contribution is 0.438. The first-order valence-corrected chi connectivity index (χ1v) is 9.94. The Bertz CT molecular complexity index is 632. The van der Waals surface area contributed by atoms with E-state index in [9.17, 15) is 0 Å². The zero-order valence-electron chi connectivity index (χ0n) is 15.7. The molecule has 1 aliphatic rings. The molecule has 0 bridgehead atoms. The fraction of sp³-hybridized carbons (Fsp3) is 0.478. The van der Waals surface area contributed by atoms with Crippen molar-refractivity contribution < 1.29 is 0 Å². The van der Waals surface area contributed by atoms with Crippen molar-refractivity contribution in [2.75, 3.05) is 18.0 Å². The van der Waals surface area contributed by atoms with Gasteiger partial charge in [0.15, 0.2) is 0 Å². The van der Waals surface area contributed by atoms with E-state index in [-0.39, 0.29) is 0 Å². The van der Waals surface area contributed by atoms with Crippen molar-refractivity contribution in [1.29, 1.82) is 0 Å². The van der Waals surface area contributed by atoms with Gasteiger partial charge in [-0.05, 0) is 49.8 Å². The number of hydrogen-bond acceptors (Lipinski definition) is 2. The number of nitrogens with one attached hydrogen (secondary N) is 1. The van der Waals surface area contributed by atoms with Crippen LogP contribution in [0.4, 0.5) is 5.69 Å². The lowest BCUT2D eigenvalue weighted by atomic mass is 9.96. The molecular formula is C23H32N2. The van der Waals surface area contributed by atoms with E-state index in [1.165, 1.54) is 62.0 Å². The molecule has 25 heavy (non-hydrogen) atoms. The maximum atomic E-state index is 3.90. The first kappa shape index (κ1) is 18.0. The average molecular weight is 337 g/mol. The molecule has 0 unspecified atom stereocenters. The van der Waals surface area contributed by atoms with Gasteiger partial charge in [0.2, 0.25) is 0 Å². The van der Waals surface area contributed by atoms with Gasteiger partial charge >= 0.3 is 0 Å². The van der Waals surface area contributed by atoms with Gasteiger partial charge in [-0.2, -0.15) is 0 Å². The maximum absolute atomic E-state index is 3.90. The van der Waals surface area contributed by atoms with E-state index in [2.05, 4.69) is 78.7 Å². The van der Waals surface area contributed by atoms with Crippen LogP contribution < -0.4 is 10.2 Å². The van der Waals surface area contributed by atoms with Crippen molar-refractivity contribution in [3.63, 3.8) is 0 Å². The van der Waals surface area contributed by atoms with Crippen LogP contribution in [0, 0.1) is 0 Å². The number of para-hydroxylation sites is 1. The van der Waals surface area contributed by atoms with Crippen molar-refractivity contribution in [1.82, 2.24) is 5.32 Å². The predicted molar refractivity (Wildman–Crippen MR) is 108 cm³/mol. The minimum absolute atomic E-state index is 0.354. The fourth-order valence-corrected chi connectivity index (χ4v) is 3.96. The topological polar surface area (TPSA) is 15.3 Å². The Morgan fingerprint density at radius 3 is 2.32 bits per heavy atom. The van der Waals surface area contributed by atoms with E-state index in [1.54, 1.807) is 0 Å². The average Bonchev–Trinajstić information content (AvgIpc) is 2.69. The van der Waals surface area contributed by atoms with Crippen LogP contribution in [0.5, 0.6) is 0 Å². The molecule has 0 aromatic heterocycles. The van der Waals surface area contributed by atoms with Crippen molar-refractivity contribution in [3.05, 3.63) is 65.7 Å². The van der Waals surface area contributed by atoms with Gasteiger partial charge in [-0.1, -0.05) is 61.9 Å². The molecule has 2 nitrogen and oxygen atoms in total. The van der Waals surface area contributed by atoms with Crippen LogP contribution in [0.25, 0.3) is 0 Å². The third kappa shape index (κ3) is 4.64. The molecule has 2 heteroatoms. The van der Waals surface area contributed by atoms with Gasteiger partial charge in [0, 0.05) is 30.9 Å². The van der Waals surface area contributed by atoms with Crippen LogP contribution in [-0.2, 0) is 0 Å². The van der Waals surface area contributed by atoms with Gasteiger partial charge in [-0.25, -0.2) is 0 Å². The predicted octanol–water partition coefficient (Wildman–Crippen LogP) is 5.87. The molecule has 0 radical (unpaired) electrons. The van der Waals surface area contributed by atoms with Gasteiger partial charge in [0.05, 0.1) is 0 Å². The highest BCUT2D eigenvalue weighted by atomic mass is 15.1. The maximum Gasteiger partial charge on any atom is 0.0414 e. The Balaban J connectivity index is 1.82. The molecule has 1 N–H and O–H groups in total. The molecule has 1 aliphatic heterocycles. The quantitative estimate of drug-likeness (QED) is 0.680. The van der Waals surface area contributed by atoms with Gasteiger partial charge in [-0.3, -0.25) is 0 Å².